The molecule has 2 aliphatic rings. The molecule has 0 bridgehead atoms. The third kappa shape index (κ3) is 3.99. The number of fused-ring (bicyclic) bond motifs is 1. The number of carbonyl (C=O) groups is 2. The van der Waals surface area contributed by atoms with Crippen LogP contribution in [0.1, 0.15) is 54.7 Å². The Hall–Kier alpha value is -3.21. The SMILES string of the molecule is CC(c1ccccn1)N(C(=O)C1CCN(C(=O)c2cccc3ccccc23)CC1)C1CC1. The molecule has 5 nitrogen and oxygen atoms in total. The molecule has 1 aliphatic heterocycles. The zero-order valence-corrected chi connectivity index (χ0v) is 18.5. The first-order valence-corrected chi connectivity index (χ1v) is 11.6. The number of hydrogen-bond acceptors (Lipinski definition) is 3. The maximum Gasteiger partial charge on any atom is 0.254 e. The summed E-state index contributed by atoms with van der Waals surface area (Å²) in [7, 11) is 0. The number of benzene rings is 2. The smallest absolute Gasteiger partial charge is 0.254 e. The second-order valence-electron chi connectivity index (χ2n) is 9.00. The molecule has 0 radical (unpaired) electrons. The van der Waals surface area contributed by atoms with Crippen molar-refractivity contribution in [2.24, 2.45) is 5.92 Å². The van der Waals surface area contributed by atoms with Crippen LogP contribution in [0.25, 0.3) is 10.8 Å². The van der Waals surface area contributed by atoms with E-state index in [1.807, 2.05) is 65.6 Å². The maximum absolute atomic E-state index is 13.5. The summed E-state index contributed by atoms with van der Waals surface area (Å²) in [5.41, 5.74) is 1.69. The van der Waals surface area contributed by atoms with Gasteiger partial charge < -0.3 is 9.80 Å². The topological polar surface area (TPSA) is 53.5 Å². The Balaban J connectivity index is 1.27. The molecule has 1 unspecified atom stereocenters. The summed E-state index contributed by atoms with van der Waals surface area (Å²) in [6.07, 6.45) is 5.36. The average molecular weight is 428 g/mol. The molecular formula is C27H29N3O2. The molecule has 2 amide bonds. The van der Waals surface area contributed by atoms with Gasteiger partial charge in [0, 0.05) is 36.8 Å². The molecule has 5 rings (SSSR count). The van der Waals surface area contributed by atoms with Gasteiger partial charge in [-0.15, -0.1) is 0 Å². The lowest BCUT2D eigenvalue weighted by molar-refractivity contribution is -0.140. The van der Waals surface area contributed by atoms with E-state index in [2.05, 4.69) is 16.8 Å². The predicted octanol–water partition coefficient (Wildman–Crippen LogP) is 4.84. The quantitative estimate of drug-likeness (QED) is 0.586. The monoisotopic (exact) mass is 427 g/mol. The number of hydrogen-bond donors (Lipinski definition) is 0. The second-order valence-corrected chi connectivity index (χ2v) is 9.00. The summed E-state index contributed by atoms with van der Waals surface area (Å²) < 4.78 is 0. The molecular weight excluding hydrogens is 398 g/mol. The molecule has 164 valence electrons. The summed E-state index contributed by atoms with van der Waals surface area (Å²) in [6, 6.07) is 20.1. The van der Waals surface area contributed by atoms with Crippen molar-refractivity contribution in [3.8, 4) is 0 Å². The van der Waals surface area contributed by atoms with Crippen LogP contribution in [0.3, 0.4) is 0 Å². The van der Waals surface area contributed by atoms with Crippen LogP contribution >= 0.6 is 0 Å². The number of nitrogens with zero attached hydrogens (tertiary/aromatic N) is 3. The zero-order chi connectivity index (χ0) is 22.1. The molecule has 1 atom stereocenters. The van der Waals surface area contributed by atoms with Gasteiger partial charge in [0.2, 0.25) is 5.91 Å². The van der Waals surface area contributed by atoms with Crippen LogP contribution in [0, 0.1) is 5.92 Å². The molecule has 2 aromatic carbocycles. The highest BCUT2D eigenvalue weighted by Gasteiger charge is 2.40. The lowest BCUT2D eigenvalue weighted by Gasteiger charge is -2.36. The van der Waals surface area contributed by atoms with Crippen LogP contribution in [-0.2, 0) is 4.79 Å². The van der Waals surface area contributed by atoms with E-state index in [-0.39, 0.29) is 23.8 Å². The minimum Gasteiger partial charge on any atom is -0.339 e. The van der Waals surface area contributed by atoms with E-state index in [1.54, 1.807) is 6.20 Å². The molecule has 2 heterocycles. The summed E-state index contributed by atoms with van der Waals surface area (Å²) in [5.74, 6) is 0.259. The molecule has 1 aromatic heterocycles. The largest absolute Gasteiger partial charge is 0.339 e. The third-order valence-corrected chi connectivity index (χ3v) is 6.88. The molecule has 1 saturated carbocycles. The fourth-order valence-electron chi connectivity index (χ4n) is 4.93. The van der Waals surface area contributed by atoms with Crippen LogP contribution in [0.2, 0.25) is 0 Å². The van der Waals surface area contributed by atoms with E-state index < -0.39 is 0 Å². The van der Waals surface area contributed by atoms with Crippen LogP contribution < -0.4 is 0 Å². The van der Waals surface area contributed by atoms with Gasteiger partial charge in [-0.05, 0) is 61.6 Å². The average Bonchev–Trinajstić information content (AvgIpc) is 3.69. The molecule has 3 aromatic rings. The number of rotatable bonds is 5. The van der Waals surface area contributed by atoms with Gasteiger partial charge in [-0.3, -0.25) is 14.6 Å². The van der Waals surface area contributed by atoms with Gasteiger partial charge in [0.05, 0.1) is 11.7 Å². The van der Waals surface area contributed by atoms with Crippen LogP contribution in [-0.4, -0.2) is 45.7 Å². The normalized spacial score (nSPS) is 17.8. The molecule has 0 N–H and O–H groups in total. The molecule has 0 spiro atoms. The van der Waals surface area contributed by atoms with E-state index in [1.165, 1.54) is 0 Å². The summed E-state index contributed by atoms with van der Waals surface area (Å²) in [5, 5.41) is 2.06. The zero-order valence-electron chi connectivity index (χ0n) is 18.5. The summed E-state index contributed by atoms with van der Waals surface area (Å²) >= 11 is 0. The Labute approximate surface area is 189 Å². The van der Waals surface area contributed by atoms with Crippen molar-refractivity contribution < 1.29 is 9.59 Å². The first-order valence-electron chi connectivity index (χ1n) is 11.6. The number of carbonyl (C=O) groups excluding carboxylic acids is 2. The highest BCUT2D eigenvalue weighted by atomic mass is 16.2. The number of likely N-dealkylation sites (tertiary alicyclic amines) is 1. The highest BCUT2D eigenvalue weighted by molar-refractivity contribution is 6.07. The van der Waals surface area contributed by atoms with Crippen molar-refractivity contribution in [1.82, 2.24) is 14.8 Å². The Morgan fingerprint density at radius 3 is 2.38 bits per heavy atom. The van der Waals surface area contributed by atoms with Gasteiger partial charge >= 0.3 is 0 Å². The van der Waals surface area contributed by atoms with Crippen molar-refractivity contribution in [3.05, 3.63) is 78.1 Å². The van der Waals surface area contributed by atoms with Crippen molar-refractivity contribution in [2.45, 2.75) is 44.7 Å². The molecule has 1 saturated heterocycles. The van der Waals surface area contributed by atoms with Gasteiger partial charge in [-0.25, -0.2) is 0 Å². The number of pyridine rings is 1. The summed E-state index contributed by atoms with van der Waals surface area (Å²) in [4.78, 5) is 35.2. The van der Waals surface area contributed by atoms with E-state index in [9.17, 15) is 9.59 Å². The molecule has 1 aliphatic carbocycles. The molecule has 32 heavy (non-hydrogen) atoms. The van der Waals surface area contributed by atoms with Crippen LogP contribution in [0.15, 0.2) is 66.9 Å². The minimum absolute atomic E-state index is 0.0217. The fraction of sp³-hybridized carbons (Fsp3) is 0.370. The molecule has 5 heteroatoms. The highest BCUT2D eigenvalue weighted by Crippen LogP contribution is 2.36. The van der Waals surface area contributed by atoms with Crippen molar-refractivity contribution >= 4 is 22.6 Å². The molecule has 2 fully saturated rings. The van der Waals surface area contributed by atoms with Gasteiger partial charge in [0.15, 0.2) is 0 Å². The summed E-state index contributed by atoms with van der Waals surface area (Å²) in [6.45, 7) is 3.32. The van der Waals surface area contributed by atoms with Crippen molar-refractivity contribution in [2.75, 3.05) is 13.1 Å². The van der Waals surface area contributed by atoms with E-state index in [0.29, 0.717) is 32.0 Å². The van der Waals surface area contributed by atoms with Gasteiger partial charge in [-0.2, -0.15) is 0 Å². The predicted molar refractivity (Wildman–Crippen MR) is 125 cm³/mol. The minimum atomic E-state index is -0.0293. The van der Waals surface area contributed by atoms with E-state index in [4.69, 9.17) is 0 Å². The lowest BCUT2D eigenvalue weighted by atomic mass is 9.93. The van der Waals surface area contributed by atoms with Gasteiger partial charge in [0.25, 0.3) is 5.91 Å². The Kier molecular flexibility index (Phi) is 5.64. The lowest BCUT2D eigenvalue weighted by Crippen LogP contribution is -2.46. The number of aromatic nitrogens is 1. The number of amides is 2. The van der Waals surface area contributed by atoms with Crippen molar-refractivity contribution in [1.29, 1.82) is 0 Å². The first kappa shape index (κ1) is 20.7. The Bertz CT molecular complexity index is 1110. The third-order valence-electron chi connectivity index (χ3n) is 6.88. The Morgan fingerprint density at radius 1 is 0.938 bits per heavy atom. The van der Waals surface area contributed by atoms with Gasteiger partial charge in [0.1, 0.15) is 0 Å². The number of piperidine rings is 1. The second kappa shape index (κ2) is 8.73. The van der Waals surface area contributed by atoms with E-state index in [0.717, 1.165) is 34.9 Å². The van der Waals surface area contributed by atoms with Crippen molar-refractivity contribution in [3.63, 3.8) is 0 Å². The van der Waals surface area contributed by atoms with Crippen LogP contribution in [0.4, 0.5) is 0 Å². The first-order chi connectivity index (χ1) is 15.6. The van der Waals surface area contributed by atoms with Gasteiger partial charge in [-0.1, -0.05) is 42.5 Å². The maximum atomic E-state index is 13.5. The Morgan fingerprint density at radius 2 is 1.66 bits per heavy atom. The standard InChI is InChI=1S/C27H29N3O2/c1-19(25-11-4-5-16-28-25)30(22-12-13-22)26(31)21-14-17-29(18-15-21)27(32)24-10-6-8-20-7-2-3-9-23(20)24/h2-11,16,19,21-22H,12-15,17-18H2,1H3. The van der Waals surface area contributed by atoms with E-state index >= 15 is 0 Å². The fourth-order valence-corrected chi connectivity index (χ4v) is 4.93. The van der Waals surface area contributed by atoms with Crippen LogP contribution in [0.5, 0.6) is 0 Å².